The highest BCUT2D eigenvalue weighted by atomic mass is 19.1. The molecule has 0 unspecified atom stereocenters. The third-order valence-corrected chi connectivity index (χ3v) is 1.50. The molecule has 1 aromatic carbocycles. The van der Waals surface area contributed by atoms with Crippen molar-refractivity contribution in [3.63, 3.8) is 0 Å². The number of benzene rings is 1. The molecule has 1 atom stereocenters. The van der Waals surface area contributed by atoms with Gasteiger partial charge in [0.1, 0.15) is 0 Å². The zero-order valence-corrected chi connectivity index (χ0v) is 6.40. The van der Waals surface area contributed by atoms with Gasteiger partial charge in [0, 0.05) is 5.56 Å². The summed E-state index contributed by atoms with van der Waals surface area (Å²) in [6, 6.07) is 8.08. The largest absolute Gasteiger partial charge is 0.393 e. The maximum absolute atomic E-state index is 12.6. The van der Waals surface area contributed by atoms with Gasteiger partial charge in [0.25, 0.3) is 0 Å². The lowest BCUT2D eigenvalue weighted by atomic mass is 10.1. The Kier molecular flexibility index (Phi) is 2.94. The van der Waals surface area contributed by atoms with Crippen LogP contribution in [-0.2, 0) is 0 Å². The minimum Gasteiger partial charge on any atom is -0.393 e. The number of aliphatic hydroxyl groups is 1. The first kappa shape index (κ1) is 8.87. The zero-order valence-electron chi connectivity index (χ0n) is 6.40. The molecule has 0 spiro atoms. The van der Waals surface area contributed by atoms with E-state index in [0.29, 0.717) is 5.56 Å². The first-order chi connectivity index (χ1) is 5.75. The molecule has 0 heterocycles. The number of halogens is 1. The van der Waals surface area contributed by atoms with Gasteiger partial charge in [0.15, 0.2) is 12.0 Å². The lowest BCUT2D eigenvalue weighted by Crippen LogP contribution is -2.19. The summed E-state index contributed by atoms with van der Waals surface area (Å²) in [7, 11) is 0. The van der Waals surface area contributed by atoms with Crippen LogP contribution in [0.4, 0.5) is 4.39 Å². The van der Waals surface area contributed by atoms with Crippen molar-refractivity contribution in [3.05, 3.63) is 35.9 Å². The van der Waals surface area contributed by atoms with Gasteiger partial charge in [-0.25, -0.2) is 4.39 Å². The Hall–Kier alpha value is -1.22. The number of Topliss-reactive ketones (excluding diaryl/α,β-unsaturated/α-hetero) is 1. The minimum atomic E-state index is -1.80. The standard InChI is InChI=1S/C9H9FO2/c10-8(6-11)9(12)7-4-2-1-3-5-7/h1-5,8,11H,6H2/t8-/m0/s1. The lowest BCUT2D eigenvalue weighted by Gasteiger charge is -2.02. The number of carbonyl (C=O) groups is 1. The Bertz CT molecular complexity index is 258. The third kappa shape index (κ3) is 1.89. The van der Waals surface area contributed by atoms with Gasteiger partial charge in [-0.3, -0.25) is 4.79 Å². The molecule has 12 heavy (non-hydrogen) atoms. The van der Waals surface area contributed by atoms with Crippen molar-refractivity contribution in [2.45, 2.75) is 6.17 Å². The second-order valence-electron chi connectivity index (χ2n) is 2.38. The number of alkyl halides is 1. The lowest BCUT2D eigenvalue weighted by molar-refractivity contribution is 0.0796. The molecule has 1 N–H and O–H groups in total. The number of ketones is 1. The molecule has 2 nitrogen and oxygen atoms in total. The van der Waals surface area contributed by atoms with Crippen molar-refractivity contribution in [1.82, 2.24) is 0 Å². The first-order valence-corrected chi connectivity index (χ1v) is 3.60. The number of rotatable bonds is 3. The number of carbonyl (C=O) groups excluding carboxylic acids is 1. The molecule has 0 aliphatic rings. The van der Waals surface area contributed by atoms with Crippen molar-refractivity contribution in [2.24, 2.45) is 0 Å². The zero-order chi connectivity index (χ0) is 8.97. The second-order valence-corrected chi connectivity index (χ2v) is 2.38. The molecule has 0 aromatic heterocycles. The van der Waals surface area contributed by atoms with Gasteiger partial charge >= 0.3 is 0 Å². The number of hydrogen-bond acceptors (Lipinski definition) is 2. The Balaban J connectivity index is 2.79. The minimum absolute atomic E-state index is 0.291. The van der Waals surface area contributed by atoms with E-state index in [1.54, 1.807) is 18.2 Å². The number of hydrogen-bond donors (Lipinski definition) is 1. The Morgan fingerprint density at radius 1 is 1.42 bits per heavy atom. The van der Waals surface area contributed by atoms with Crippen LogP contribution in [0.5, 0.6) is 0 Å². The fraction of sp³-hybridized carbons (Fsp3) is 0.222. The van der Waals surface area contributed by atoms with Crippen LogP contribution in [0, 0.1) is 0 Å². The van der Waals surface area contributed by atoms with Gasteiger partial charge in [-0.1, -0.05) is 30.3 Å². The summed E-state index contributed by atoms with van der Waals surface area (Å²) in [4.78, 5) is 11.0. The van der Waals surface area contributed by atoms with Gasteiger partial charge in [-0.2, -0.15) is 0 Å². The summed E-state index contributed by atoms with van der Waals surface area (Å²) < 4.78 is 12.6. The molecule has 0 fully saturated rings. The topological polar surface area (TPSA) is 37.3 Å². The highest BCUT2D eigenvalue weighted by molar-refractivity contribution is 5.99. The van der Waals surface area contributed by atoms with Crippen LogP contribution in [0.15, 0.2) is 30.3 Å². The molecule has 0 aliphatic heterocycles. The second kappa shape index (κ2) is 3.97. The fourth-order valence-corrected chi connectivity index (χ4v) is 0.866. The molecule has 0 radical (unpaired) electrons. The van der Waals surface area contributed by atoms with Crippen LogP contribution in [0.2, 0.25) is 0 Å². The monoisotopic (exact) mass is 168 g/mol. The fourth-order valence-electron chi connectivity index (χ4n) is 0.866. The van der Waals surface area contributed by atoms with E-state index in [-0.39, 0.29) is 0 Å². The van der Waals surface area contributed by atoms with Crippen LogP contribution in [0.3, 0.4) is 0 Å². The molecular weight excluding hydrogens is 159 g/mol. The molecule has 1 rings (SSSR count). The van der Waals surface area contributed by atoms with Crippen LogP contribution in [-0.4, -0.2) is 23.7 Å². The molecule has 64 valence electrons. The molecule has 0 saturated heterocycles. The molecule has 0 bridgehead atoms. The average molecular weight is 168 g/mol. The van der Waals surface area contributed by atoms with Gasteiger partial charge in [0.2, 0.25) is 0 Å². The maximum Gasteiger partial charge on any atom is 0.199 e. The van der Waals surface area contributed by atoms with Gasteiger partial charge in [-0.15, -0.1) is 0 Å². The summed E-state index contributed by atoms with van der Waals surface area (Å²) in [6.07, 6.45) is -1.80. The smallest absolute Gasteiger partial charge is 0.199 e. The molecule has 0 aliphatic carbocycles. The maximum atomic E-state index is 12.6. The van der Waals surface area contributed by atoms with E-state index < -0.39 is 18.6 Å². The van der Waals surface area contributed by atoms with Crippen molar-refractivity contribution in [1.29, 1.82) is 0 Å². The quantitative estimate of drug-likeness (QED) is 0.688. The summed E-state index contributed by atoms with van der Waals surface area (Å²) in [5.74, 6) is -0.668. The van der Waals surface area contributed by atoms with Crippen molar-refractivity contribution in [3.8, 4) is 0 Å². The van der Waals surface area contributed by atoms with E-state index in [9.17, 15) is 9.18 Å². The molecule has 3 heteroatoms. The third-order valence-electron chi connectivity index (χ3n) is 1.50. The predicted molar refractivity (Wildman–Crippen MR) is 42.8 cm³/mol. The van der Waals surface area contributed by atoms with E-state index in [0.717, 1.165) is 0 Å². The van der Waals surface area contributed by atoms with E-state index >= 15 is 0 Å². The van der Waals surface area contributed by atoms with Crippen LogP contribution >= 0.6 is 0 Å². The van der Waals surface area contributed by atoms with E-state index in [1.807, 2.05) is 0 Å². The molecular formula is C9H9FO2. The Morgan fingerprint density at radius 3 is 2.50 bits per heavy atom. The average Bonchev–Trinajstić information content (AvgIpc) is 2.17. The summed E-state index contributed by atoms with van der Waals surface area (Å²) in [6.45, 7) is -0.756. The van der Waals surface area contributed by atoms with Gasteiger partial charge < -0.3 is 5.11 Å². The summed E-state index contributed by atoms with van der Waals surface area (Å²) in [5, 5.41) is 8.37. The van der Waals surface area contributed by atoms with Crippen molar-refractivity contribution in [2.75, 3.05) is 6.61 Å². The Labute approximate surface area is 69.6 Å². The summed E-state index contributed by atoms with van der Waals surface area (Å²) in [5.41, 5.74) is 0.291. The SMILES string of the molecule is O=C(c1ccccc1)[C@@H](F)CO. The summed E-state index contributed by atoms with van der Waals surface area (Å²) >= 11 is 0. The van der Waals surface area contributed by atoms with Gasteiger partial charge in [-0.05, 0) is 0 Å². The highest BCUT2D eigenvalue weighted by Gasteiger charge is 2.16. The molecule has 1 aromatic rings. The van der Waals surface area contributed by atoms with Gasteiger partial charge in [0.05, 0.1) is 6.61 Å². The van der Waals surface area contributed by atoms with E-state index in [4.69, 9.17) is 5.11 Å². The van der Waals surface area contributed by atoms with Crippen LogP contribution in [0.1, 0.15) is 10.4 Å². The number of aliphatic hydroxyl groups excluding tert-OH is 1. The van der Waals surface area contributed by atoms with Crippen molar-refractivity contribution >= 4 is 5.78 Å². The molecule has 0 amide bonds. The van der Waals surface area contributed by atoms with Crippen LogP contribution < -0.4 is 0 Å². The van der Waals surface area contributed by atoms with Crippen molar-refractivity contribution < 1.29 is 14.3 Å². The normalized spacial score (nSPS) is 12.5. The van der Waals surface area contributed by atoms with E-state index in [2.05, 4.69) is 0 Å². The van der Waals surface area contributed by atoms with Crippen LogP contribution in [0.25, 0.3) is 0 Å². The highest BCUT2D eigenvalue weighted by Crippen LogP contribution is 2.05. The molecule has 0 saturated carbocycles. The first-order valence-electron chi connectivity index (χ1n) is 3.60. The Morgan fingerprint density at radius 2 is 2.00 bits per heavy atom. The van der Waals surface area contributed by atoms with E-state index in [1.165, 1.54) is 12.1 Å². The predicted octanol–water partition coefficient (Wildman–Crippen LogP) is 1.20.